The highest BCUT2D eigenvalue weighted by Crippen LogP contribution is 2.30. The van der Waals surface area contributed by atoms with Crippen LogP contribution in [0, 0.1) is 0 Å². The van der Waals surface area contributed by atoms with Gasteiger partial charge in [-0.1, -0.05) is 12.1 Å². The molecule has 0 spiro atoms. The molecule has 1 aliphatic heterocycles. The number of rotatable bonds is 13. The lowest BCUT2D eigenvalue weighted by molar-refractivity contribution is -0.137. The highest BCUT2D eigenvalue weighted by molar-refractivity contribution is 7.93. The van der Waals surface area contributed by atoms with Gasteiger partial charge in [-0.15, -0.1) is 0 Å². The van der Waals surface area contributed by atoms with Crippen LogP contribution >= 0.6 is 0 Å². The molecule has 2 heterocycles. The van der Waals surface area contributed by atoms with Gasteiger partial charge in [0.2, 0.25) is 16.0 Å². The Morgan fingerprint density at radius 2 is 1.70 bits per heavy atom. The number of hydrogen-bond donors (Lipinski definition) is 2. The number of carboxylic acids is 1. The van der Waals surface area contributed by atoms with Gasteiger partial charge >= 0.3 is 12.1 Å². The number of nitrogens with zero attached hydrogens (tertiary/aromatic N) is 5. The number of sulfonamides is 1. The summed E-state index contributed by atoms with van der Waals surface area (Å²) in [6, 6.07) is 5.54. The Balaban J connectivity index is 1.89. The Morgan fingerprint density at radius 3 is 2.23 bits per heavy atom. The molecule has 3 rings (SSSR count). The summed E-state index contributed by atoms with van der Waals surface area (Å²) in [5, 5.41) is 12.3. The number of amides is 1. The van der Waals surface area contributed by atoms with Gasteiger partial charge in [0.05, 0.1) is 11.4 Å². The smallest absolute Gasteiger partial charge is 0.415 e. The highest BCUT2D eigenvalue weighted by Gasteiger charge is 2.30. The zero-order valence-corrected chi connectivity index (χ0v) is 24.6. The van der Waals surface area contributed by atoms with E-state index in [-0.39, 0.29) is 24.5 Å². The van der Waals surface area contributed by atoms with Crippen LogP contribution in [0.5, 0.6) is 5.75 Å². The summed E-state index contributed by atoms with van der Waals surface area (Å²) in [6.07, 6.45) is 3.02. The normalized spacial score (nSPS) is 14.2. The second-order valence-corrected chi connectivity index (χ2v) is 12.2. The third-order valence-corrected chi connectivity index (χ3v) is 9.06. The van der Waals surface area contributed by atoms with Crippen LogP contribution < -0.4 is 19.3 Å². The van der Waals surface area contributed by atoms with E-state index in [2.05, 4.69) is 15.3 Å². The maximum atomic E-state index is 13.1. The number of aromatic nitrogens is 2. The third kappa shape index (κ3) is 7.32. The summed E-state index contributed by atoms with van der Waals surface area (Å²) >= 11 is 0. The molecule has 1 aliphatic rings. The van der Waals surface area contributed by atoms with Crippen LogP contribution in [0.4, 0.5) is 22.2 Å². The number of aliphatic carboxylic acids is 1. The van der Waals surface area contributed by atoms with Gasteiger partial charge in [0, 0.05) is 39.1 Å². The van der Waals surface area contributed by atoms with E-state index >= 15 is 0 Å². The van der Waals surface area contributed by atoms with Crippen LogP contribution in [0.2, 0.25) is 0 Å². The van der Waals surface area contributed by atoms with E-state index in [0.29, 0.717) is 43.4 Å². The molecule has 0 aliphatic carbocycles. The van der Waals surface area contributed by atoms with Crippen molar-refractivity contribution in [3.05, 3.63) is 36.0 Å². The van der Waals surface area contributed by atoms with Gasteiger partial charge in [0.1, 0.15) is 17.5 Å². The maximum Gasteiger partial charge on any atom is 0.415 e. The quantitative estimate of drug-likeness (QED) is 0.363. The molecule has 220 valence electrons. The van der Waals surface area contributed by atoms with Gasteiger partial charge in [-0.05, 0) is 65.2 Å². The zero-order valence-electron chi connectivity index (χ0n) is 23.8. The number of benzene rings is 1. The third-order valence-electron chi connectivity index (χ3n) is 6.80. The number of likely N-dealkylation sites (tertiary alicyclic amines) is 1. The van der Waals surface area contributed by atoms with Crippen molar-refractivity contribution < 1.29 is 27.9 Å². The number of carbonyl (C=O) groups is 2. The molecular formula is C27H40N6O6S. The van der Waals surface area contributed by atoms with Crippen molar-refractivity contribution in [1.29, 1.82) is 0 Å². The van der Waals surface area contributed by atoms with E-state index in [1.165, 1.54) is 10.5 Å². The minimum Gasteiger partial charge on any atom is -0.480 e. The topological polar surface area (TPSA) is 145 Å². The van der Waals surface area contributed by atoms with E-state index in [1.807, 2.05) is 18.7 Å². The molecule has 0 saturated carbocycles. The molecular weight excluding hydrogens is 536 g/mol. The number of nitrogens with one attached hydrogen (secondary N) is 1. The fourth-order valence-electron chi connectivity index (χ4n) is 4.42. The van der Waals surface area contributed by atoms with E-state index < -0.39 is 33.4 Å². The van der Waals surface area contributed by atoms with Crippen LogP contribution in [0.3, 0.4) is 0 Å². The van der Waals surface area contributed by atoms with Crippen LogP contribution in [0.15, 0.2) is 30.5 Å². The molecule has 2 N–H and O–H groups in total. The molecule has 1 saturated heterocycles. The summed E-state index contributed by atoms with van der Waals surface area (Å²) in [6.45, 7) is 11.5. The summed E-state index contributed by atoms with van der Waals surface area (Å²) < 4.78 is 32.9. The zero-order chi connectivity index (χ0) is 29.4. The summed E-state index contributed by atoms with van der Waals surface area (Å²) in [7, 11) is -3.74. The second-order valence-electron chi connectivity index (χ2n) is 9.78. The first-order valence-corrected chi connectivity index (χ1v) is 15.2. The lowest BCUT2D eigenvalue weighted by Crippen LogP contribution is -2.38. The van der Waals surface area contributed by atoms with E-state index in [4.69, 9.17) is 4.74 Å². The molecule has 0 bridgehead atoms. The second kappa shape index (κ2) is 13.6. The Morgan fingerprint density at radius 1 is 1.07 bits per heavy atom. The lowest BCUT2D eigenvalue weighted by Gasteiger charge is -2.28. The lowest BCUT2D eigenvalue weighted by atomic mass is 10.1. The van der Waals surface area contributed by atoms with E-state index in [1.54, 1.807) is 49.9 Å². The fourth-order valence-corrected chi connectivity index (χ4v) is 5.69. The summed E-state index contributed by atoms with van der Waals surface area (Å²) in [5.74, 6) is -0.276. The van der Waals surface area contributed by atoms with Crippen LogP contribution in [-0.2, 0) is 21.2 Å². The summed E-state index contributed by atoms with van der Waals surface area (Å²) in [4.78, 5) is 37.1. The van der Waals surface area contributed by atoms with Gasteiger partial charge in [-0.3, -0.25) is 4.31 Å². The Bertz CT molecular complexity index is 1260. The van der Waals surface area contributed by atoms with Gasteiger partial charge in [-0.25, -0.2) is 23.0 Å². The standard InChI is InChI=1S/C27H40N6O6S/c1-6-31(7-2)26-28-18-23(33(8-3)40(37,38)19(4)5)24(30-26)29-22(25(34)35)17-20-11-13-21(14-12-20)39-27(36)32-15-9-10-16-32/h11-14,18-19,22H,6-10,15-17H2,1-5H3,(H,34,35)(H,28,29,30)/t22-/m0/s1. The molecule has 1 atom stereocenters. The molecule has 0 unspecified atom stereocenters. The van der Waals surface area contributed by atoms with Crippen LogP contribution in [0.1, 0.15) is 53.0 Å². The molecule has 12 nitrogen and oxygen atoms in total. The number of carboxylic acid groups (broad SMARTS) is 1. The first-order chi connectivity index (χ1) is 19.0. The van der Waals surface area contributed by atoms with Crippen molar-refractivity contribution in [1.82, 2.24) is 14.9 Å². The van der Waals surface area contributed by atoms with Crippen LogP contribution in [-0.4, -0.2) is 84.5 Å². The van der Waals surface area contributed by atoms with Gasteiger partial charge in [0.15, 0.2) is 5.82 Å². The van der Waals surface area contributed by atoms with E-state index in [9.17, 15) is 23.1 Å². The van der Waals surface area contributed by atoms with Gasteiger partial charge < -0.3 is 25.0 Å². The Labute approximate surface area is 236 Å². The molecule has 1 fully saturated rings. The fraction of sp³-hybridized carbons (Fsp3) is 0.556. The molecule has 2 aromatic rings. The van der Waals surface area contributed by atoms with Gasteiger partial charge in [-0.2, -0.15) is 4.98 Å². The van der Waals surface area contributed by atoms with Crippen molar-refractivity contribution in [2.24, 2.45) is 0 Å². The van der Waals surface area contributed by atoms with E-state index in [0.717, 1.165) is 12.8 Å². The van der Waals surface area contributed by atoms with Gasteiger partial charge in [0.25, 0.3) is 0 Å². The first-order valence-electron chi connectivity index (χ1n) is 13.7. The molecule has 1 amide bonds. The molecule has 0 radical (unpaired) electrons. The monoisotopic (exact) mass is 576 g/mol. The average Bonchev–Trinajstić information content (AvgIpc) is 3.46. The Hall–Kier alpha value is -3.61. The first kappa shape index (κ1) is 30.9. The highest BCUT2D eigenvalue weighted by atomic mass is 32.2. The predicted octanol–water partition coefficient (Wildman–Crippen LogP) is 3.59. The minimum atomic E-state index is -3.74. The predicted molar refractivity (Wildman–Crippen MR) is 155 cm³/mol. The van der Waals surface area contributed by atoms with Crippen molar-refractivity contribution in [2.75, 3.05) is 47.2 Å². The summed E-state index contributed by atoms with van der Waals surface area (Å²) in [5.41, 5.74) is 0.866. The SMILES string of the molecule is CCN(CC)c1ncc(N(CC)S(=O)(=O)C(C)C)c(N[C@@H](Cc2ccc(OC(=O)N3CCCC3)cc2)C(=O)O)n1. The number of anilines is 3. The number of hydrogen-bond acceptors (Lipinski definition) is 9. The number of ether oxygens (including phenoxy) is 1. The molecule has 1 aromatic carbocycles. The van der Waals surface area contributed by atoms with Crippen molar-refractivity contribution in [3.63, 3.8) is 0 Å². The maximum absolute atomic E-state index is 13.1. The van der Waals surface area contributed by atoms with Crippen molar-refractivity contribution in [3.8, 4) is 5.75 Å². The molecule has 40 heavy (non-hydrogen) atoms. The Kier molecular flexibility index (Phi) is 10.5. The van der Waals surface area contributed by atoms with Crippen LogP contribution in [0.25, 0.3) is 0 Å². The van der Waals surface area contributed by atoms with Crippen molar-refractivity contribution >= 4 is 39.5 Å². The number of carbonyl (C=O) groups excluding carboxylic acids is 1. The largest absolute Gasteiger partial charge is 0.480 e. The molecule has 13 heteroatoms. The molecule has 1 aromatic heterocycles. The van der Waals surface area contributed by atoms with Crippen molar-refractivity contribution in [2.45, 2.75) is 65.2 Å². The minimum absolute atomic E-state index is 0.0722. The average molecular weight is 577 g/mol.